The van der Waals surface area contributed by atoms with E-state index in [1.807, 2.05) is 48.5 Å². The number of hydrogen-bond donors (Lipinski definition) is 2. The average Bonchev–Trinajstić information content (AvgIpc) is 2.48. The summed E-state index contributed by atoms with van der Waals surface area (Å²) >= 11 is 3.47. The zero-order valence-electron chi connectivity index (χ0n) is 11.7. The molecule has 0 saturated heterocycles. The van der Waals surface area contributed by atoms with Crippen molar-refractivity contribution < 1.29 is 9.84 Å². The molecule has 0 aliphatic heterocycles. The molecule has 0 bridgehead atoms. The van der Waals surface area contributed by atoms with Crippen molar-refractivity contribution in [1.29, 1.82) is 0 Å². The second kappa shape index (κ2) is 8.39. The topological polar surface area (TPSA) is 55.5 Å². The standard InChI is InChI=1S/C16H18BrNO2.ClH/c1-20-12-7-8-14(17)13(10-12)16(18)15(19)9-11-5-3-2-4-6-11;/h2-8,10,15-16,19H,9,18H2,1H3;1H/t15-,16+;/m1./s1. The van der Waals surface area contributed by atoms with Gasteiger partial charge in [0.15, 0.2) is 0 Å². The first-order valence-corrected chi connectivity index (χ1v) is 7.22. The lowest BCUT2D eigenvalue weighted by Crippen LogP contribution is -2.28. The Labute approximate surface area is 139 Å². The van der Waals surface area contributed by atoms with E-state index < -0.39 is 12.1 Å². The second-order valence-corrected chi connectivity index (χ2v) is 5.52. The number of methoxy groups -OCH3 is 1. The van der Waals surface area contributed by atoms with Crippen molar-refractivity contribution in [1.82, 2.24) is 0 Å². The highest BCUT2D eigenvalue weighted by Gasteiger charge is 2.20. The lowest BCUT2D eigenvalue weighted by Gasteiger charge is -2.21. The normalized spacial score (nSPS) is 13.1. The van der Waals surface area contributed by atoms with E-state index in [0.717, 1.165) is 21.3 Å². The van der Waals surface area contributed by atoms with Gasteiger partial charge in [-0.15, -0.1) is 12.4 Å². The second-order valence-electron chi connectivity index (χ2n) is 4.67. The van der Waals surface area contributed by atoms with Gasteiger partial charge in [0.05, 0.1) is 19.3 Å². The predicted molar refractivity (Wildman–Crippen MR) is 91.0 cm³/mol. The van der Waals surface area contributed by atoms with Gasteiger partial charge < -0.3 is 15.6 Å². The maximum atomic E-state index is 10.3. The fraction of sp³-hybridized carbons (Fsp3) is 0.250. The van der Waals surface area contributed by atoms with Crippen molar-refractivity contribution in [3.63, 3.8) is 0 Å². The third-order valence-electron chi connectivity index (χ3n) is 3.26. The van der Waals surface area contributed by atoms with Gasteiger partial charge in [-0.3, -0.25) is 0 Å². The van der Waals surface area contributed by atoms with E-state index in [1.54, 1.807) is 7.11 Å². The molecule has 0 aliphatic carbocycles. The largest absolute Gasteiger partial charge is 0.497 e. The summed E-state index contributed by atoms with van der Waals surface area (Å²) in [5.41, 5.74) is 8.08. The van der Waals surface area contributed by atoms with Crippen LogP contribution in [0.1, 0.15) is 17.2 Å². The number of hydrogen-bond acceptors (Lipinski definition) is 3. The lowest BCUT2D eigenvalue weighted by molar-refractivity contribution is 0.144. The molecule has 0 fully saturated rings. The first-order chi connectivity index (χ1) is 9.61. The van der Waals surface area contributed by atoms with Gasteiger partial charge in [-0.05, 0) is 29.3 Å². The minimum absolute atomic E-state index is 0. The summed E-state index contributed by atoms with van der Waals surface area (Å²) < 4.78 is 6.07. The lowest BCUT2D eigenvalue weighted by atomic mass is 9.97. The molecule has 0 radical (unpaired) electrons. The van der Waals surface area contributed by atoms with Crippen molar-refractivity contribution in [3.8, 4) is 5.75 Å². The van der Waals surface area contributed by atoms with Crippen LogP contribution in [-0.2, 0) is 6.42 Å². The Morgan fingerprint density at radius 2 is 1.86 bits per heavy atom. The van der Waals surface area contributed by atoms with E-state index in [-0.39, 0.29) is 12.4 Å². The SMILES string of the molecule is COc1ccc(Br)c([C@H](N)[C@H](O)Cc2ccccc2)c1.Cl. The minimum atomic E-state index is -0.652. The number of aliphatic hydroxyl groups is 1. The number of halogens is 2. The molecule has 2 atom stereocenters. The van der Waals surface area contributed by atoms with Gasteiger partial charge in [-0.1, -0.05) is 46.3 Å². The number of rotatable bonds is 5. The van der Waals surface area contributed by atoms with Gasteiger partial charge in [-0.2, -0.15) is 0 Å². The highest BCUT2D eigenvalue weighted by atomic mass is 79.9. The van der Waals surface area contributed by atoms with Crippen molar-refractivity contribution >= 4 is 28.3 Å². The van der Waals surface area contributed by atoms with Crippen LogP contribution < -0.4 is 10.5 Å². The predicted octanol–water partition coefficient (Wildman–Crippen LogP) is 3.48. The van der Waals surface area contributed by atoms with Gasteiger partial charge in [0.25, 0.3) is 0 Å². The Hall–Kier alpha value is -1.07. The van der Waals surface area contributed by atoms with Crippen molar-refractivity contribution in [2.24, 2.45) is 5.73 Å². The molecule has 114 valence electrons. The van der Waals surface area contributed by atoms with E-state index in [1.165, 1.54) is 0 Å². The Kier molecular flexibility index (Phi) is 7.18. The molecule has 2 aromatic carbocycles. The molecule has 2 rings (SSSR count). The molecule has 0 heterocycles. The molecule has 0 saturated carbocycles. The molecule has 21 heavy (non-hydrogen) atoms. The van der Waals surface area contributed by atoms with E-state index in [0.29, 0.717) is 6.42 Å². The summed E-state index contributed by atoms with van der Waals surface area (Å²) in [4.78, 5) is 0. The number of ether oxygens (including phenoxy) is 1. The van der Waals surface area contributed by atoms with Crippen LogP contribution in [0.4, 0.5) is 0 Å². The van der Waals surface area contributed by atoms with Crippen LogP contribution in [0.25, 0.3) is 0 Å². The molecule has 3 N–H and O–H groups in total. The fourth-order valence-electron chi connectivity index (χ4n) is 2.09. The number of aliphatic hydroxyl groups excluding tert-OH is 1. The maximum Gasteiger partial charge on any atom is 0.119 e. The zero-order valence-corrected chi connectivity index (χ0v) is 14.1. The summed E-state index contributed by atoms with van der Waals surface area (Å²) in [6.07, 6.45) is -0.133. The minimum Gasteiger partial charge on any atom is -0.497 e. The number of benzene rings is 2. The fourth-order valence-corrected chi connectivity index (χ4v) is 2.61. The molecule has 3 nitrogen and oxygen atoms in total. The molecular weight excluding hydrogens is 354 g/mol. The molecule has 0 aromatic heterocycles. The van der Waals surface area contributed by atoms with Crippen LogP contribution in [0.2, 0.25) is 0 Å². The van der Waals surface area contributed by atoms with Gasteiger partial charge in [0.2, 0.25) is 0 Å². The highest BCUT2D eigenvalue weighted by molar-refractivity contribution is 9.10. The first-order valence-electron chi connectivity index (χ1n) is 6.43. The zero-order chi connectivity index (χ0) is 14.5. The maximum absolute atomic E-state index is 10.3. The third kappa shape index (κ3) is 4.71. The Morgan fingerprint density at radius 3 is 2.48 bits per heavy atom. The van der Waals surface area contributed by atoms with Crippen LogP contribution in [0.5, 0.6) is 5.75 Å². The number of nitrogens with two attached hydrogens (primary N) is 1. The smallest absolute Gasteiger partial charge is 0.119 e. The molecular formula is C16H19BrClNO2. The van der Waals surface area contributed by atoms with E-state index in [2.05, 4.69) is 15.9 Å². The van der Waals surface area contributed by atoms with Crippen LogP contribution in [0.3, 0.4) is 0 Å². The Morgan fingerprint density at radius 1 is 1.19 bits per heavy atom. The summed E-state index contributed by atoms with van der Waals surface area (Å²) in [5, 5.41) is 10.3. The Balaban J connectivity index is 0.00000220. The summed E-state index contributed by atoms with van der Waals surface area (Å²) in [6, 6.07) is 14.9. The van der Waals surface area contributed by atoms with Gasteiger partial charge in [0, 0.05) is 10.9 Å². The third-order valence-corrected chi connectivity index (χ3v) is 3.99. The van der Waals surface area contributed by atoms with Gasteiger partial charge in [0.1, 0.15) is 5.75 Å². The monoisotopic (exact) mass is 371 g/mol. The van der Waals surface area contributed by atoms with Crippen LogP contribution >= 0.6 is 28.3 Å². The molecule has 2 aromatic rings. The molecule has 0 amide bonds. The molecule has 0 unspecified atom stereocenters. The van der Waals surface area contributed by atoms with Crippen LogP contribution in [0, 0.1) is 0 Å². The van der Waals surface area contributed by atoms with Crippen LogP contribution in [0.15, 0.2) is 53.0 Å². The molecule has 0 spiro atoms. The first kappa shape index (κ1) is 18.0. The van der Waals surface area contributed by atoms with Crippen molar-refractivity contribution in [2.75, 3.05) is 7.11 Å². The van der Waals surface area contributed by atoms with E-state index in [9.17, 15) is 5.11 Å². The summed E-state index contributed by atoms with van der Waals surface area (Å²) in [5.74, 6) is 0.727. The van der Waals surface area contributed by atoms with Gasteiger partial charge in [-0.25, -0.2) is 0 Å². The van der Waals surface area contributed by atoms with Crippen molar-refractivity contribution in [3.05, 3.63) is 64.1 Å². The van der Waals surface area contributed by atoms with Gasteiger partial charge >= 0.3 is 0 Å². The summed E-state index contributed by atoms with van der Waals surface area (Å²) in [7, 11) is 1.61. The van der Waals surface area contributed by atoms with E-state index >= 15 is 0 Å². The Bertz CT molecular complexity index is 565. The molecule has 5 heteroatoms. The average molecular weight is 373 g/mol. The highest BCUT2D eigenvalue weighted by Crippen LogP contribution is 2.29. The molecule has 0 aliphatic rings. The summed E-state index contributed by atoms with van der Waals surface area (Å²) in [6.45, 7) is 0. The van der Waals surface area contributed by atoms with E-state index in [4.69, 9.17) is 10.5 Å². The van der Waals surface area contributed by atoms with Crippen molar-refractivity contribution in [2.45, 2.75) is 18.6 Å². The van der Waals surface area contributed by atoms with Crippen LogP contribution in [-0.4, -0.2) is 18.3 Å². The quantitative estimate of drug-likeness (QED) is 0.845.